The average Bonchev–Trinajstić information content (AvgIpc) is 3.17. The van der Waals surface area contributed by atoms with Crippen LogP contribution in [0.4, 0.5) is 0 Å². The Balaban J connectivity index is 2.10. The summed E-state index contributed by atoms with van der Waals surface area (Å²) in [4.78, 5) is 7.53. The number of imidazole rings is 1. The summed E-state index contributed by atoms with van der Waals surface area (Å²) in [6, 6.07) is 10.1. The molecule has 0 unspecified atom stereocenters. The minimum Gasteiger partial charge on any atom is -0.338 e. The molecule has 0 amide bonds. The smallest absolute Gasteiger partial charge is 0.156 e. The number of benzene rings is 1. The van der Waals surface area contributed by atoms with E-state index < -0.39 is 0 Å². The monoisotopic (exact) mass is 249 g/mol. The summed E-state index contributed by atoms with van der Waals surface area (Å²) >= 11 is 0. The van der Waals surface area contributed by atoms with E-state index >= 15 is 0 Å². The van der Waals surface area contributed by atoms with Gasteiger partial charge in [-0.25, -0.2) is 9.67 Å². The Labute approximate surface area is 109 Å². The Kier molecular flexibility index (Phi) is 2.05. The molecule has 5 heteroatoms. The zero-order valence-corrected chi connectivity index (χ0v) is 10.1. The van der Waals surface area contributed by atoms with Crippen LogP contribution >= 0.6 is 0 Å². The van der Waals surface area contributed by atoms with Gasteiger partial charge in [0.15, 0.2) is 5.82 Å². The average molecular weight is 249 g/mol. The molecule has 1 N–H and O–H groups in total. The Morgan fingerprint density at radius 2 is 1.95 bits per heavy atom. The van der Waals surface area contributed by atoms with Crippen molar-refractivity contribution in [2.24, 2.45) is 0 Å². The zero-order valence-electron chi connectivity index (χ0n) is 10.1. The van der Waals surface area contributed by atoms with Crippen LogP contribution in [0.2, 0.25) is 0 Å². The molecule has 0 aliphatic carbocycles. The fourth-order valence-electron chi connectivity index (χ4n) is 2.33. The highest BCUT2D eigenvalue weighted by molar-refractivity contribution is 5.92. The number of para-hydroxylation sites is 1. The predicted octanol–water partition coefficient (Wildman–Crippen LogP) is 2.54. The molecule has 0 aliphatic heterocycles. The van der Waals surface area contributed by atoms with Gasteiger partial charge in [-0.2, -0.15) is 5.10 Å². The van der Waals surface area contributed by atoms with E-state index in [-0.39, 0.29) is 0 Å². The molecule has 0 bridgehead atoms. The molecule has 0 spiro atoms. The molecule has 0 fully saturated rings. The SMILES string of the molecule is c1ccc2c(-n3ccnc3)c(-n3cccn3)[nH]c2c1. The number of nitrogens with zero attached hydrogens (tertiary/aromatic N) is 4. The van der Waals surface area contributed by atoms with E-state index in [9.17, 15) is 0 Å². The number of nitrogens with one attached hydrogen (secondary N) is 1. The van der Waals surface area contributed by atoms with E-state index in [2.05, 4.69) is 27.2 Å². The Morgan fingerprint density at radius 1 is 1.00 bits per heavy atom. The van der Waals surface area contributed by atoms with Gasteiger partial charge in [0.2, 0.25) is 0 Å². The summed E-state index contributed by atoms with van der Waals surface area (Å²) in [5.74, 6) is 0.934. The quantitative estimate of drug-likeness (QED) is 0.593. The van der Waals surface area contributed by atoms with Gasteiger partial charge in [-0.15, -0.1) is 0 Å². The molecular formula is C14H11N5. The molecule has 92 valence electrons. The second-order valence-electron chi connectivity index (χ2n) is 4.29. The largest absolute Gasteiger partial charge is 0.338 e. The lowest BCUT2D eigenvalue weighted by molar-refractivity contribution is 0.844. The van der Waals surface area contributed by atoms with Crippen molar-refractivity contribution in [3.05, 3.63) is 61.4 Å². The van der Waals surface area contributed by atoms with Crippen LogP contribution in [0.1, 0.15) is 0 Å². The molecule has 0 saturated heterocycles. The van der Waals surface area contributed by atoms with Crippen LogP contribution in [-0.4, -0.2) is 24.3 Å². The Morgan fingerprint density at radius 3 is 2.74 bits per heavy atom. The van der Waals surface area contributed by atoms with Crippen LogP contribution in [0.3, 0.4) is 0 Å². The maximum Gasteiger partial charge on any atom is 0.156 e. The first kappa shape index (κ1) is 10.1. The normalized spacial score (nSPS) is 11.2. The van der Waals surface area contributed by atoms with E-state index in [1.54, 1.807) is 18.7 Å². The minimum atomic E-state index is 0.934. The number of hydrogen-bond acceptors (Lipinski definition) is 2. The van der Waals surface area contributed by atoms with Crippen LogP contribution in [0.15, 0.2) is 61.4 Å². The summed E-state index contributed by atoms with van der Waals surface area (Å²) in [5.41, 5.74) is 2.13. The third kappa shape index (κ3) is 1.48. The van der Waals surface area contributed by atoms with Gasteiger partial charge in [-0.3, -0.25) is 0 Å². The van der Waals surface area contributed by atoms with E-state index in [4.69, 9.17) is 0 Å². The van der Waals surface area contributed by atoms with Crippen molar-refractivity contribution in [1.82, 2.24) is 24.3 Å². The molecule has 0 aliphatic rings. The number of rotatable bonds is 2. The second kappa shape index (κ2) is 3.84. The van der Waals surface area contributed by atoms with Crippen molar-refractivity contribution in [3.8, 4) is 11.5 Å². The first-order chi connectivity index (χ1) is 9.43. The fraction of sp³-hybridized carbons (Fsp3) is 0. The number of aromatic amines is 1. The highest BCUT2D eigenvalue weighted by Crippen LogP contribution is 2.28. The predicted molar refractivity (Wildman–Crippen MR) is 72.5 cm³/mol. The van der Waals surface area contributed by atoms with Crippen molar-refractivity contribution in [2.75, 3.05) is 0 Å². The zero-order chi connectivity index (χ0) is 12.7. The summed E-state index contributed by atoms with van der Waals surface area (Å²) in [6.07, 6.45) is 9.19. The maximum absolute atomic E-state index is 4.30. The van der Waals surface area contributed by atoms with E-state index in [0.29, 0.717) is 0 Å². The second-order valence-corrected chi connectivity index (χ2v) is 4.29. The van der Waals surface area contributed by atoms with Crippen molar-refractivity contribution in [3.63, 3.8) is 0 Å². The molecule has 19 heavy (non-hydrogen) atoms. The third-order valence-electron chi connectivity index (χ3n) is 3.16. The molecule has 0 atom stereocenters. The molecule has 0 radical (unpaired) electrons. The van der Waals surface area contributed by atoms with E-state index in [0.717, 1.165) is 22.4 Å². The Bertz CT molecular complexity index is 809. The van der Waals surface area contributed by atoms with Gasteiger partial charge in [0.25, 0.3) is 0 Å². The maximum atomic E-state index is 4.30. The summed E-state index contributed by atoms with van der Waals surface area (Å²) in [6.45, 7) is 0. The number of aromatic nitrogens is 5. The highest BCUT2D eigenvalue weighted by Gasteiger charge is 2.14. The summed E-state index contributed by atoms with van der Waals surface area (Å²) in [5, 5.41) is 5.45. The van der Waals surface area contributed by atoms with Crippen molar-refractivity contribution in [1.29, 1.82) is 0 Å². The first-order valence-corrected chi connectivity index (χ1v) is 6.02. The minimum absolute atomic E-state index is 0.934. The lowest BCUT2D eigenvalue weighted by Gasteiger charge is -2.05. The van der Waals surface area contributed by atoms with E-state index in [1.807, 2.05) is 39.8 Å². The summed E-state index contributed by atoms with van der Waals surface area (Å²) < 4.78 is 3.82. The molecule has 4 rings (SSSR count). The van der Waals surface area contributed by atoms with Gasteiger partial charge in [0, 0.05) is 35.7 Å². The van der Waals surface area contributed by atoms with Crippen LogP contribution in [0, 0.1) is 0 Å². The van der Waals surface area contributed by atoms with Gasteiger partial charge in [-0.05, 0) is 12.1 Å². The molecule has 3 heterocycles. The standard InChI is InChI=1S/C14H11N5/c1-2-5-12-11(4-1)13(18-9-7-15-10-18)14(17-12)19-8-3-6-16-19/h1-10,17H. The molecule has 3 aromatic heterocycles. The van der Waals surface area contributed by atoms with Crippen LogP contribution in [0.25, 0.3) is 22.4 Å². The number of fused-ring (bicyclic) bond motifs is 1. The van der Waals surface area contributed by atoms with Crippen LogP contribution in [-0.2, 0) is 0 Å². The molecule has 5 nitrogen and oxygen atoms in total. The first-order valence-electron chi connectivity index (χ1n) is 6.02. The van der Waals surface area contributed by atoms with Gasteiger partial charge < -0.3 is 9.55 Å². The highest BCUT2D eigenvalue weighted by atomic mass is 15.3. The van der Waals surface area contributed by atoms with Crippen LogP contribution in [0.5, 0.6) is 0 Å². The number of H-pyrrole nitrogens is 1. The van der Waals surface area contributed by atoms with Crippen molar-refractivity contribution >= 4 is 10.9 Å². The van der Waals surface area contributed by atoms with Gasteiger partial charge in [0.05, 0.1) is 12.0 Å². The third-order valence-corrected chi connectivity index (χ3v) is 3.16. The Hall–Kier alpha value is -2.82. The molecule has 1 aromatic carbocycles. The molecular weight excluding hydrogens is 238 g/mol. The number of hydrogen-bond donors (Lipinski definition) is 1. The van der Waals surface area contributed by atoms with Crippen molar-refractivity contribution in [2.45, 2.75) is 0 Å². The topological polar surface area (TPSA) is 51.4 Å². The summed E-state index contributed by atoms with van der Waals surface area (Å²) in [7, 11) is 0. The van der Waals surface area contributed by atoms with Crippen LogP contribution < -0.4 is 0 Å². The molecule has 0 saturated carbocycles. The lowest BCUT2D eigenvalue weighted by Crippen LogP contribution is -2.00. The fourth-order valence-corrected chi connectivity index (χ4v) is 2.33. The van der Waals surface area contributed by atoms with Gasteiger partial charge in [0.1, 0.15) is 0 Å². The lowest BCUT2D eigenvalue weighted by atomic mass is 10.2. The van der Waals surface area contributed by atoms with Gasteiger partial charge in [-0.1, -0.05) is 18.2 Å². The molecule has 4 aromatic rings. The van der Waals surface area contributed by atoms with Gasteiger partial charge >= 0.3 is 0 Å². The van der Waals surface area contributed by atoms with Crippen molar-refractivity contribution < 1.29 is 0 Å². The van der Waals surface area contributed by atoms with E-state index in [1.165, 1.54) is 0 Å².